The molecule has 2 aromatic carbocycles. The highest BCUT2D eigenvalue weighted by molar-refractivity contribution is 5.49. The SMILES string of the molecule is CC(F)(c1ccc2c(c1)OCC1NCCC21Cc1ccccc1)C(F)(F)F. The van der Waals surface area contributed by atoms with E-state index in [-0.39, 0.29) is 11.5 Å². The Morgan fingerprint density at radius 2 is 1.85 bits per heavy atom. The summed E-state index contributed by atoms with van der Waals surface area (Å²) >= 11 is 0. The fourth-order valence-corrected chi connectivity index (χ4v) is 4.33. The lowest BCUT2D eigenvalue weighted by atomic mass is 9.68. The van der Waals surface area contributed by atoms with Crippen LogP contribution in [0.4, 0.5) is 17.6 Å². The normalized spacial score (nSPS) is 26.6. The maximum absolute atomic E-state index is 14.4. The van der Waals surface area contributed by atoms with Crippen molar-refractivity contribution in [2.24, 2.45) is 0 Å². The first-order valence-electron chi connectivity index (χ1n) is 9.05. The molecule has 3 atom stereocenters. The van der Waals surface area contributed by atoms with E-state index in [9.17, 15) is 17.6 Å². The minimum absolute atomic E-state index is 0.0791. The van der Waals surface area contributed by atoms with Gasteiger partial charge in [-0.3, -0.25) is 0 Å². The number of benzene rings is 2. The summed E-state index contributed by atoms with van der Waals surface area (Å²) < 4.78 is 59.5. The van der Waals surface area contributed by atoms with Crippen molar-refractivity contribution in [3.8, 4) is 5.75 Å². The number of hydrogen-bond acceptors (Lipinski definition) is 2. The Morgan fingerprint density at radius 1 is 1.11 bits per heavy atom. The van der Waals surface area contributed by atoms with Crippen LogP contribution in [0.5, 0.6) is 5.75 Å². The van der Waals surface area contributed by atoms with Gasteiger partial charge >= 0.3 is 6.18 Å². The molecule has 27 heavy (non-hydrogen) atoms. The molecule has 2 aliphatic rings. The molecule has 2 nitrogen and oxygen atoms in total. The third-order valence-corrected chi connectivity index (χ3v) is 5.99. The van der Waals surface area contributed by atoms with Crippen LogP contribution in [0.15, 0.2) is 48.5 Å². The van der Waals surface area contributed by atoms with E-state index in [0.717, 1.165) is 30.5 Å². The van der Waals surface area contributed by atoms with Gasteiger partial charge in [0.15, 0.2) is 0 Å². The van der Waals surface area contributed by atoms with E-state index in [1.807, 2.05) is 18.2 Å². The number of alkyl halides is 4. The summed E-state index contributed by atoms with van der Waals surface area (Å²) in [4.78, 5) is 0. The topological polar surface area (TPSA) is 21.3 Å². The molecular weight excluding hydrogens is 358 g/mol. The molecule has 0 saturated carbocycles. The lowest BCUT2D eigenvalue weighted by molar-refractivity contribution is -0.228. The summed E-state index contributed by atoms with van der Waals surface area (Å²) in [6.07, 6.45) is -3.36. The van der Waals surface area contributed by atoms with Crippen molar-refractivity contribution >= 4 is 0 Å². The Morgan fingerprint density at radius 3 is 2.56 bits per heavy atom. The molecule has 0 amide bonds. The van der Waals surface area contributed by atoms with E-state index >= 15 is 0 Å². The van der Waals surface area contributed by atoms with E-state index in [4.69, 9.17) is 4.74 Å². The fraction of sp³-hybridized carbons (Fsp3) is 0.429. The average Bonchev–Trinajstić information content (AvgIpc) is 3.05. The largest absolute Gasteiger partial charge is 0.492 e. The molecule has 2 heterocycles. The highest BCUT2D eigenvalue weighted by Crippen LogP contribution is 2.49. The van der Waals surface area contributed by atoms with Crippen LogP contribution in [0.25, 0.3) is 0 Å². The Bertz CT molecular complexity index is 834. The highest BCUT2D eigenvalue weighted by atomic mass is 19.4. The Hall–Kier alpha value is -2.08. The molecule has 4 rings (SSSR count). The first-order chi connectivity index (χ1) is 12.7. The van der Waals surface area contributed by atoms with Crippen LogP contribution in [0.2, 0.25) is 0 Å². The summed E-state index contributed by atoms with van der Waals surface area (Å²) in [7, 11) is 0. The molecule has 2 aliphatic heterocycles. The van der Waals surface area contributed by atoms with Gasteiger partial charge in [0.2, 0.25) is 5.67 Å². The summed E-state index contributed by atoms with van der Waals surface area (Å²) in [6, 6.07) is 14.2. The predicted octanol–water partition coefficient (Wildman–Crippen LogP) is 4.67. The van der Waals surface area contributed by atoms with Gasteiger partial charge in [-0.1, -0.05) is 42.5 Å². The van der Waals surface area contributed by atoms with Gasteiger partial charge in [-0.2, -0.15) is 13.2 Å². The molecule has 3 unspecified atom stereocenters. The Balaban J connectivity index is 1.77. The van der Waals surface area contributed by atoms with Gasteiger partial charge in [-0.05, 0) is 37.9 Å². The molecule has 0 bridgehead atoms. The molecule has 0 aliphatic carbocycles. The van der Waals surface area contributed by atoms with Crippen LogP contribution in [0.3, 0.4) is 0 Å². The van der Waals surface area contributed by atoms with E-state index in [2.05, 4.69) is 17.4 Å². The lowest BCUT2D eigenvalue weighted by Crippen LogP contribution is -2.49. The quantitative estimate of drug-likeness (QED) is 0.783. The van der Waals surface area contributed by atoms with E-state index in [1.54, 1.807) is 6.07 Å². The number of halogens is 4. The minimum atomic E-state index is -4.98. The molecule has 0 spiro atoms. The van der Waals surface area contributed by atoms with Crippen molar-refractivity contribution in [3.63, 3.8) is 0 Å². The van der Waals surface area contributed by atoms with Crippen LogP contribution in [-0.4, -0.2) is 25.4 Å². The molecule has 144 valence electrons. The molecular formula is C21H21F4NO. The number of ether oxygens (including phenoxy) is 1. The molecule has 0 radical (unpaired) electrons. The third kappa shape index (κ3) is 2.90. The van der Waals surface area contributed by atoms with Gasteiger partial charge in [-0.15, -0.1) is 0 Å². The molecule has 1 fully saturated rings. The standard InChI is InChI=1S/C21H21F4NO/c1-19(22,21(23,24)25)15-7-8-16-17(11-15)27-13-18-20(16,9-10-26-18)12-14-5-3-2-4-6-14/h2-8,11,18,26H,9-10,12-13H2,1H3. The third-order valence-electron chi connectivity index (χ3n) is 5.99. The van der Waals surface area contributed by atoms with Crippen molar-refractivity contribution < 1.29 is 22.3 Å². The smallest absolute Gasteiger partial charge is 0.426 e. The zero-order valence-electron chi connectivity index (χ0n) is 14.9. The molecule has 0 aromatic heterocycles. The lowest BCUT2D eigenvalue weighted by Gasteiger charge is -2.41. The highest BCUT2D eigenvalue weighted by Gasteiger charge is 2.54. The van der Waals surface area contributed by atoms with E-state index < -0.39 is 17.4 Å². The molecule has 1 N–H and O–H groups in total. The maximum atomic E-state index is 14.4. The van der Waals surface area contributed by atoms with Crippen LogP contribution >= 0.6 is 0 Å². The average molecular weight is 379 g/mol. The zero-order valence-corrected chi connectivity index (χ0v) is 14.9. The predicted molar refractivity (Wildman–Crippen MR) is 94.7 cm³/mol. The molecule has 1 saturated heterocycles. The summed E-state index contributed by atoms with van der Waals surface area (Å²) in [5.41, 5.74) is -2.09. The van der Waals surface area contributed by atoms with Crippen LogP contribution in [-0.2, 0) is 17.5 Å². The van der Waals surface area contributed by atoms with Crippen LogP contribution in [0.1, 0.15) is 30.0 Å². The summed E-state index contributed by atoms with van der Waals surface area (Å²) in [5.74, 6) is 0.358. The van der Waals surface area contributed by atoms with Crippen molar-refractivity contribution in [3.05, 3.63) is 65.2 Å². The van der Waals surface area contributed by atoms with Gasteiger partial charge in [0.25, 0.3) is 0 Å². The minimum Gasteiger partial charge on any atom is -0.492 e. The maximum Gasteiger partial charge on any atom is 0.426 e. The summed E-state index contributed by atoms with van der Waals surface area (Å²) in [5, 5.41) is 3.45. The van der Waals surface area contributed by atoms with Gasteiger partial charge in [-0.25, -0.2) is 4.39 Å². The van der Waals surface area contributed by atoms with Gasteiger partial charge in [0.05, 0.1) is 6.04 Å². The molecule has 2 aromatic rings. The van der Waals surface area contributed by atoms with E-state index in [0.29, 0.717) is 19.3 Å². The van der Waals surface area contributed by atoms with Gasteiger partial charge in [0, 0.05) is 16.5 Å². The second-order valence-corrected chi connectivity index (χ2v) is 7.60. The monoisotopic (exact) mass is 379 g/mol. The van der Waals surface area contributed by atoms with Crippen molar-refractivity contribution in [2.45, 2.75) is 43.1 Å². The van der Waals surface area contributed by atoms with Crippen molar-refractivity contribution in [1.29, 1.82) is 0 Å². The number of rotatable bonds is 3. The van der Waals surface area contributed by atoms with Gasteiger partial charge in [0.1, 0.15) is 12.4 Å². The van der Waals surface area contributed by atoms with Gasteiger partial charge < -0.3 is 10.1 Å². The second kappa shape index (κ2) is 6.23. The first-order valence-corrected chi connectivity index (χ1v) is 9.05. The number of hydrogen-bond donors (Lipinski definition) is 1. The number of fused-ring (bicyclic) bond motifs is 3. The Labute approximate surface area is 155 Å². The Kier molecular flexibility index (Phi) is 4.22. The van der Waals surface area contributed by atoms with Crippen molar-refractivity contribution in [1.82, 2.24) is 5.32 Å². The number of nitrogens with one attached hydrogen (secondary N) is 1. The fourth-order valence-electron chi connectivity index (χ4n) is 4.33. The van der Waals surface area contributed by atoms with E-state index in [1.165, 1.54) is 12.1 Å². The van der Waals surface area contributed by atoms with Crippen LogP contribution < -0.4 is 10.1 Å². The molecule has 6 heteroatoms. The first kappa shape index (κ1) is 18.3. The zero-order chi connectivity index (χ0) is 19.3. The van der Waals surface area contributed by atoms with Crippen LogP contribution in [0, 0.1) is 0 Å². The summed E-state index contributed by atoms with van der Waals surface area (Å²) in [6.45, 7) is 1.72. The van der Waals surface area contributed by atoms with Crippen molar-refractivity contribution in [2.75, 3.05) is 13.2 Å². The second-order valence-electron chi connectivity index (χ2n) is 7.60.